The summed E-state index contributed by atoms with van der Waals surface area (Å²) in [7, 11) is 1.63. The van der Waals surface area contributed by atoms with E-state index in [4.69, 9.17) is 22.1 Å². The van der Waals surface area contributed by atoms with Crippen molar-refractivity contribution in [3.05, 3.63) is 41.2 Å². The number of aromatic nitrogens is 4. The van der Waals surface area contributed by atoms with E-state index in [0.717, 1.165) is 16.9 Å². The number of β-lactam (4-membered cyclic amide) rings is 1. The quantitative estimate of drug-likeness (QED) is 0.596. The molecule has 1 saturated heterocycles. The van der Waals surface area contributed by atoms with Crippen molar-refractivity contribution in [1.29, 1.82) is 0 Å². The predicted octanol–water partition coefficient (Wildman–Crippen LogP) is 0.922. The normalized spacial score (nSPS) is 22.3. The first kappa shape index (κ1) is 17.3. The average molecular weight is 393 g/mol. The zero-order valence-electron chi connectivity index (χ0n) is 14.0. The average Bonchev–Trinajstić information content (AvgIpc) is 3.14. The number of benzene rings is 1. The molecule has 2 N–H and O–H groups in total. The van der Waals surface area contributed by atoms with Crippen LogP contribution in [0.4, 0.5) is 0 Å². The second-order valence-corrected chi connectivity index (χ2v) is 7.40. The summed E-state index contributed by atoms with van der Waals surface area (Å²) >= 11 is 7.75. The van der Waals surface area contributed by atoms with Gasteiger partial charge < -0.3 is 10.5 Å². The highest BCUT2D eigenvalue weighted by Crippen LogP contribution is 2.43. The first-order chi connectivity index (χ1) is 12.6. The van der Waals surface area contributed by atoms with Gasteiger partial charge in [-0.1, -0.05) is 12.1 Å². The van der Waals surface area contributed by atoms with Crippen LogP contribution in [0.15, 0.2) is 29.8 Å². The molecule has 3 heterocycles. The molecule has 1 aromatic carbocycles. The van der Waals surface area contributed by atoms with E-state index >= 15 is 0 Å². The summed E-state index contributed by atoms with van der Waals surface area (Å²) in [6, 6.07) is 7.18. The van der Waals surface area contributed by atoms with Gasteiger partial charge in [-0.3, -0.25) is 9.69 Å². The molecule has 0 aliphatic carbocycles. The number of halogens is 1. The molecular formula is C16H17ClN6O2S. The number of alkyl halides is 1. The van der Waals surface area contributed by atoms with Gasteiger partial charge in [0.05, 0.1) is 19.4 Å². The number of hydrogen-bond donors (Lipinski definition) is 1. The lowest BCUT2D eigenvalue weighted by Crippen LogP contribution is -2.67. The number of tetrazole rings is 1. The number of nitrogens with two attached hydrogens (primary N) is 1. The Bertz CT molecular complexity index is 868. The van der Waals surface area contributed by atoms with Gasteiger partial charge in [-0.05, 0) is 33.7 Å². The Morgan fingerprint density at radius 1 is 1.38 bits per heavy atom. The zero-order chi connectivity index (χ0) is 18.3. The van der Waals surface area contributed by atoms with Crippen LogP contribution in [0, 0.1) is 0 Å². The first-order valence-electron chi connectivity index (χ1n) is 8.01. The van der Waals surface area contributed by atoms with Crippen LogP contribution >= 0.6 is 23.4 Å². The van der Waals surface area contributed by atoms with E-state index in [1.54, 1.807) is 28.5 Å². The Labute approximate surface area is 159 Å². The molecule has 136 valence electrons. The predicted molar refractivity (Wildman–Crippen MR) is 98.6 cm³/mol. The zero-order valence-corrected chi connectivity index (χ0v) is 15.6. The largest absolute Gasteiger partial charge is 0.497 e. The van der Waals surface area contributed by atoms with Gasteiger partial charge in [0.1, 0.15) is 17.2 Å². The fourth-order valence-electron chi connectivity index (χ4n) is 3.08. The lowest BCUT2D eigenvalue weighted by Gasteiger charge is -2.48. The van der Waals surface area contributed by atoms with Crippen LogP contribution in [0.25, 0.3) is 5.70 Å². The van der Waals surface area contributed by atoms with Crippen LogP contribution in [-0.2, 0) is 11.3 Å². The fourth-order valence-corrected chi connectivity index (χ4v) is 4.71. The molecule has 2 aromatic rings. The summed E-state index contributed by atoms with van der Waals surface area (Å²) in [5, 5.41) is 12.0. The van der Waals surface area contributed by atoms with Crippen molar-refractivity contribution >= 4 is 35.0 Å². The minimum absolute atomic E-state index is 0.0874. The molecule has 1 fully saturated rings. The maximum absolute atomic E-state index is 12.3. The first-order valence-corrected chi connectivity index (χ1v) is 9.60. The molecule has 2 atom stereocenters. The van der Waals surface area contributed by atoms with Crippen LogP contribution in [0.1, 0.15) is 11.4 Å². The Morgan fingerprint density at radius 2 is 2.15 bits per heavy atom. The van der Waals surface area contributed by atoms with Crippen molar-refractivity contribution in [3.63, 3.8) is 0 Å². The second kappa shape index (κ2) is 6.90. The Morgan fingerprint density at radius 3 is 2.85 bits per heavy atom. The monoisotopic (exact) mass is 392 g/mol. The van der Waals surface area contributed by atoms with Gasteiger partial charge in [0, 0.05) is 11.6 Å². The number of amides is 1. The van der Waals surface area contributed by atoms with Crippen molar-refractivity contribution in [3.8, 4) is 5.75 Å². The highest BCUT2D eigenvalue weighted by molar-refractivity contribution is 8.00. The third-order valence-electron chi connectivity index (χ3n) is 4.48. The number of fused-ring (bicyclic) bond motifs is 1. The van der Waals surface area contributed by atoms with Gasteiger partial charge in [-0.2, -0.15) is 0 Å². The number of rotatable bonds is 5. The molecule has 0 radical (unpaired) electrons. The highest BCUT2D eigenvalue weighted by atomic mass is 35.5. The van der Waals surface area contributed by atoms with Gasteiger partial charge in [0.2, 0.25) is 5.91 Å². The summed E-state index contributed by atoms with van der Waals surface area (Å²) in [6.07, 6.45) is 0. The molecule has 0 saturated carbocycles. The molecule has 26 heavy (non-hydrogen) atoms. The number of thioether (sulfide) groups is 1. The van der Waals surface area contributed by atoms with Crippen molar-refractivity contribution in [2.24, 2.45) is 5.73 Å². The Balaban J connectivity index is 1.68. The van der Waals surface area contributed by atoms with Crippen LogP contribution in [-0.4, -0.2) is 61.2 Å². The van der Waals surface area contributed by atoms with Gasteiger partial charge in [-0.15, -0.1) is 28.5 Å². The van der Waals surface area contributed by atoms with E-state index in [1.165, 1.54) is 0 Å². The number of methoxy groups -OCH3 is 1. The third-order valence-corrected chi connectivity index (χ3v) is 6.17. The summed E-state index contributed by atoms with van der Waals surface area (Å²) in [5.74, 6) is 2.20. The van der Waals surface area contributed by atoms with Gasteiger partial charge >= 0.3 is 0 Å². The summed E-state index contributed by atoms with van der Waals surface area (Å²) in [6.45, 7) is 0.470. The van der Waals surface area contributed by atoms with Crippen molar-refractivity contribution in [2.75, 3.05) is 18.7 Å². The van der Waals surface area contributed by atoms with Crippen LogP contribution in [0.5, 0.6) is 5.75 Å². The molecule has 0 bridgehead atoms. The molecule has 0 unspecified atom stereocenters. The number of carbonyl (C=O) groups is 1. The molecular weight excluding hydrogens is 376 g/mol. The van der Waals surface area contributed by atoms with Crippen molar-refractivity contribution < 1.29 is 9.53 Å². The molecule has 4 rings (SSSR count). The maximum Gasteiger partial charge on any atom is 0.248 e. The van der Waals surface area contributed by atoms with Crippen LogP contribution < -0.4 is 10.5 Å². The van der Waals surface area contributed by atoms with Gasteiger partial charge in [0.15, 0.2) is 5.82 Å². The standard InChI is InChI=1S/C16H17ClN6O2S/c1-25-11-4-2-9(3-5-11)7-22-14(19-20-21-22)13-10(6-17)8-26-16-12(18)15(24)23(13)16/h2-5,12,16H,6-8,18H2,1H3/t12-,16-/m1/s1. The summed E-state index contributed by atoms with van der Waals surface area (Å²) in [4.78, 5) is 14.0. The molecule has 0 spiro atoms. The smallest absolute Gasteiger partial charge is 0.248 e. The lowest BCUT2D eigenvalue weighted by atomic mass is 10.0. The van der Waals surface area contributed by atoms with Gasteiger partial charge in [0.25, 0.3) is 0 Å². The topological polar surface area (TPSA) is 99.2 Å². The molecule has 10 heteroatoms. The number of ether oxygens (including phenoxy) is 1. The van der Waals surface area contributed by atoms with E-state index in [-0.39, 0.29) is 11.3 Å². The van der Waals surface area contributed by atoms with Gasteiger partial charge in [-0.25, -0.2) is 4.68 Å². The number of nitrogens with zero attached hydrogens (tertiary/aromatic N) is 5. The Hall–Kier alpha value is -2.10. The van der Waals surface area contributed by atoms with Crippen LogP contribution in [0.3, 0.4) is 0 Å². The highest BCUT2D eigenvalue weighted by Gasteiger charge is 2.51. The minimum atomic E-state index is -0.488. The van der Waals surface area contributed by atoms with E-state index in [1.807, 2.05) is 24.3 Å². The molecule has 2 aliphatic heterocycles. The van der Waals surface area contributed by atoms with E-state index in [2.05, 4.69) is 15.5 Å². The minimum Gasteiger partial charge on any atom is -0.497 e. The third kappa shape index (κ3) is 2.76. The molecule has 2 aliphatic rings. The van der Waals surface area contributed by atoms with E-state index in [0.29, 0.717) is 29.7 Å². The molecule has 1 amide bonds. The number of carbonyl (C=O) groups excluding carboxylic acids is 1. The van der Waals surface area contributed by atoms with E-state index < -0.39 is 6.04 Å². The summed E-state index contributed by atoms with van der Waals surface area (Å²) < 4.78 is 6.85. The second-order valence-electron chi connectivity index (χ2n) is 6.03. The van der Waals surface area contributed by atoms with E-state index in [9.17, 15) is 4.79 Å². The molecule has 1 aromatic heterocycles. The van der Waals surface area contributed by atoms with Crippen molar-refractivity contribution in [2.45, 2.75) is 18.0 Å². The maximum atomic E-state index is 12.3. The summed E-state index contributed by atoms with van der Waals surface area (Å²) in [5.41, 5.74) is 8.56. The van der Waals surface area contributed by atoms with Crippen molar-refractivity contribution in [1.82, 2.24) is 25.1 Å². The molecule has 8 nitrogen and oxygen atoms in total. The Kier molecular flexibility index (Phi) is 4.60. The van der Waals surface area contributed by atoms with Crippen LogP contribution in [0.2, 0.25) is 0 Å². The lowest BCUT2D eigenvalue weighted by molar-refractivity contribution is -0.139. The SMILES string of the molecule is COc1ccc(Cn2nnnc2C2=C(CCl)CS[C@@H]3[C@H](N)C(=O)N23)cc1. The number of hydrogen-bond acceptors (Lipinski definition) is 7. The fraction of sp³-hybridized carbons (Fsp3) is 0.375.